The maximum absolute atomic E-state index is 12.0. The molecule has 114 valence electrons. The number of thioether (sulfide) groups is 1. The second-order valence-electron chi connectivity index (χ2n) is 5.60. The fourth-order valence-electron chi connectivity index (χ4n) is 1.91. The number of amides is 1. The maximum Gasteiger partial charge on any atom is 0.231 e. The fourth-order valence-corrected chi connectivity index (χ4v) is 3.61. The van der Waals surface area contributed by atoms with Crippen molar-refractivity contribution < 1.29 is 4.79 Å². The minimum Gasteiger partial charge on any atom is -0.358 e. The van der Waals surface area contributed by atoms with Gasteiger partial charge in [0.05, 0.1) is 11.8 Å². The molecule has 1 aromatic rings. The van der Waals surface area contributed by atoms with Gasteiger partial charge >= 0.3 is 0 Å². The molecule has 1 unspecified atom stereocenters. The van der Waals surface area contributed by atoms with Crippen LogP contribution in [0.25, 0.3) is 0 Å². The Bertz CT molecular complexity index is 549. The molecule has 0 aromatic carbocycles. The first-order chi connectivity index (χ1) is 9.93. The zero-order chi connectivity index (χ0) is 15.5. The topological polar surface area (TPSA) is 90.7 Å². The average molecular weight is 325 g/mol. The van der Waals surface area contributed by atoms with E-state index in [1.165, 1.54) is 23.1 Å². The van der Waals surface area contributed by atoms with E-state index in [1.54, 1.807) is 6.92 Å². The van der Waals surface area contributed by atoms with Gasteiger partial charge in [-0.15, -0.1) is 10.2 Å². The van der Waals surface area contributed by atoms with Crippen LogP contribution in [0.2, 0.25) is 0 Å². The van der Waals surface area contributed by atoms with Crippen LogP contribution in [0.3, 0.4) is 0 Å². The lowest BCUT2D eigenvalue weighted by Crippen LogP contribution is -2.47. The summed E-state index contributed by atoms with van der Waals surface area (Å²) >= 11 is 2.77. The second kappa shape index (κ2) is 6.62. The van der Waals surface area contributed by atoms with Crippen LogP contribution in [-0.2, 0) is 4.79 Å². The van der Waals surface area contributed by atoms with Crippen molar-refractivity contribution >= 4 is 34.1 Å². The lowest BCUT2D eigenvalue weighted by molar-refractivity contribution is -0.119. The molecule has 2 rings (SSSR count). The van der Waals surface area contributed by atoms with Crippen molar-refractivity contribution in [2.45, 2.75) is 49.5 Å². The molecule has 0 radical (unpaired) electrons. The van der Waals surface area contributed by atoms with Gasteiger partial charge in [0.1, 0.15) is 5.54 Å². The van der Waals surface area contributed by atoms with Crippen LogP contribution in [0.4, 0.5) is 5.13 Å². The predicted octanol–water partition coefficient (Wildman–Crippen LogP) is 2.26. The Hall–Kier alpha value is -1.33. The van der Waals surface area contributed by atoms with Gasteiger partial charge in [-0.3, -0.25) is 4.79 Å². The number of nitrogens with one attached hydrogen (secondary N) is 2. The highest BCUT2D eigenvalue weighted by atomic mass is 32.2. The molecule has 1 amide bonds. The van der Waals surface area contributed by atoms with E-state index in [9.17, 15) is 10.1 Å². The molecule has 0 spiro atoms. The summed E-state index contributed by atoms with van der Waals surface area (Å²) in [6.45, 7) is 5.85. The number of aromatic nitrogens is 2. The first-order valence-electron chi connectivity index (χ1n) is 6.88. The minimum absolute atomic E-state index is 0.135. The Kier molecular flexibility index (Phi) is 5.06. The number of nitrogens with zero attached hydrogens (tertiary/aromatic N) is 3. The SMILES string of the molecule is CC(C)Nc1nnc(SCC(=O)NC(C)(C#N)C2CC2)s1. The van der Waals surface area contributed by atoms with Crippen molar-refractivity contribution in [3.63, 3.8) is 0 Å². The number of carbonyl (C=O) groups excluding carboxylic acids is 1. The molecule has 0 saturated heterocycles. The summed E-state index contributed by atoms with van der Waals surface area (Å²) in [5.41, 5.74) is -0.733. The van der Waals surface area contributed by atoms with E-state index in [2.05, 4.69) is 26.9 Å². The van der Waals surface area contributed by atoms with Crippen molar-refractivity contribution in [3.05, 3.63) is 0 Å². The van der Waals surface area contributed by atoms with E-state index >= 15 is 0 Å². The molecule has 1 atom stereocenters. The van der Waals surface area contributed by atoms with Crippen molar-refractivity contribution in [2.75, 3.05) is 11.1 Å². The average Bonchev–Trinajstić information content (AvgIpc) is 3.19. The van der Waals surface area contributed by atoms with Crippen LogP contribution in [0.5, 0.6) is 0 Å². The third-order valence-electron chi connectivity index (χ3n) is 3.17. The largest absolute Gasteiger partial charge is 0.358 e. The Labute approximate surface area is 132 Å². The summed E-state index contributed by atoms with van der Waals surface area (Å²) in [5.74, 6) is 0.407. The Morgan fingerprint density at radius 3 is 2.86 bits per heavy atom. The van der Waals surface area contributed by atoms with Gasteiger partial charge in [0, 0.05) is 6.04 Å². The molecule has 21 heavy (non-hydrogen) atoms. The molecule has 6 nitrogen and oxygen atoms in total. The summed E-state index contributed by atoms with van der Waals surface area (Å²) in [6, 6.07) is 2.52. The zero-order valence-electron chi connectivity index (χ0n) is 12.3. The number of hydrogen-bond donors (Lipinski definition) is 2. The standard InChI is InChI=1S/C13H19N5OS2/c1-8(2)15-11-17-18-12(21-11)20-6-10(19)16-13(3,7-14)9-4-5-9/h8-9H,4-6H2,1-3H3,(H,15,17)(H,16,19). The summed E-state index contributed by atoms with van der Waals surface area (Å²) in [6.07, 6.45) is 2.02. The zero-order valence-corrected chi connectivity index (χ0v) is 14.0. The van der Waals surface area contributed by atoms with Gasteiger partial charge in [0.25, 0.3) is 0 Å². The number of carbonyl (C=O) groups is 1. The molecule has 0 aliphatic heterocycles. The Morgan fingerprint density at radius 1 is 1.57 bits per heavy atom. The van der Waals surface area contributed by atoms with Crippen molar-refractivity contribution in [1.29, 1.82) is 5.26 Å². The summed E-state index contributed by atoms with van der Waals surface area (Å²) in [7, 11) is 0. The van der Waals surface area contributed by atoms with Crippen LogP contribution >= 0.6 is 23.1 Å². The van der Waals surface area contributed by atoms with Crippen LogP contribution in [0, 0.1) is 17.2 Å². The quantitative estimate of drug-likeness (QED) is 0.747. The van der Waals surface area contributed by atoms with Crippen LogP contribution in [-0.4, -0.2) is 33.4 Å². The predicted molar refractivity (Wildman–Crippen MR) is 84.3 cm³/mol. The highest BCUT2D eigenvalue weighted by Crippen LogP contribution is 2.39. The first-order valence-corrected chi connectivity index (χ1v) is 8.68. The fraction of sp³-hybridized carbons (Fsp3) is 0.692. The normalized spacial score (nSPS) is 17.1. The monoisotopic (exact) mass is 325 g/mol. The molecular weight excluding hydrogens is 306 g/mol. The van der Waals surface area contributed by atoms with Crippen LogP contribution < -0.4 is 10.6 Å². The molecule has 8 heteroatoms. The summed E-state index contributed by atoms with van der Waals surface area (Å²) in [5, 5.41) is 24.0. The number of rotatable bonds is 7. The van der Waals surface area contributed by atoms with Gasteiger partial charge in [-0.05, 0) is 39.5 Å². The smallest absolute Gasteiger partial charge is 0.231 e. The molecule has 1 aromatic heterocycles. The summed E-state index contributed by atoms with van der Waals surface area (Å²) < 4.78 is 0.749. The van der Waals surface area contributed by atoms with E-state index in [1.807, 2.05) is 13.8 Å². The molecule has 0 bridgehead atoms. The van der Waals surface area contributed by atoms with E-state index in [0.29, 0.717) is 12.0 Å². The van der Waals surface area contributed by atoms with Gasteiger partial charge in [-0.25, -0.2) is 0 Å². The van der Waals surface area contributed by atoms with E-state index in [-0.39, 0.29) is 11.7 Å². The van der Waals surface area contributed by atoms with E-state index in [0.717, 1.165) is 22.3 Å². The molecule has 1 heterocycles. The van der Waals surface area contributed by atoms with Gasteiger partial charge in [-0.2, -0.15) is 5.26 Å². The van der Waals surface area contributed by atoms with Crippen molar-refractivity contribution in [1.82, 2.24) is 15.5 Å². The van der Waals surface area contributed by atoms with Crippen molar-refractivity contribution in [2.24, 2.45) is 5.92 Å². The minimum atomic E-state index is -0.733. The highest BCUT2D eigenvalue weighted by Gasteiger charge is 2.42. The van der Waals surface area contributed by atoms with Crippen LogP contribution in [0.15, 0.2) is 4.34 Å². The number of hydrogen-bond acceptors (Lipinski definition) is 7. The van der Waals surface area contributed by atoms with Crippen molar-refractivity contribution in [3.8, 4) is 6.07 Å². The molecule has 1 saturated carbocycles. The van der Waals surface area contributed by atoms with Gasteiger partial charge < -0.3 is 10.6 Å². The maximum atomic E-state index is 12.0. The van der Waals surface area contributed by atoms with Crippen LogP contribution in [0.1, 0.15) is 33.6 Å². The highest BCUT2D eigenvalue weighted by molar-refractivity contribution is 8.01. The lowest BCUT2D eigenvalue weighted by Gasteiger charge is -2.22. The van der Waals surface area contributed by atoms with E-state index in [4.69, 9.17) is 0 Å². The second-order valence-corrected chi connectivity index (χ2v) is 7.80. The number of anilines is 1. The molecular formula is C13H19N5OS2. The molecule has 1 aliphatic carbocycles. The van der Waals surface area contributed by atoms with E-state index < -0.39 is 5.54 Å². The molecule has 1 fully saturated rings. The summed E-state index contributed by atoms with van der Waals surface area (Å²) in [4.78, 5) is 12.0. The van der Waals surface area contributed by atoms with Gasteiger partial charge in [-0.1, -0.05) is 23.1 Å². The third kappa shape index (κ3) is 4.58. The lowest BCUT2D eigenvalue weighted by atomic mass is 9.98. The van der Waals surface area contributed by atoms with Gasteiger partial charge in [0.2, 0.25) is 11.0 Å². The Morgan fingerprint density at radius 2 is 2.29 bits per heavy atom. The number of nitriles is 1. The Balaban J connectivity index is 1.81. The van der Waals surface area contributed by atoms with Gasteiger partial charge in [0.15, 0.2) is 4.34 Å². The molecule has 1 aliphatic rings. The molecule has 2 N–H and O–H groups in total. The third-order valence-corrected chi connectivity index (χ3v) is 5.16. The first kappa shape index (κ1) is 16.0.